The molecular formula is C20H21N5O3S2. The number of thiophene rings is 1. The van der Waals surface area contributed by atoms with Crippen LogP contribution in [-0.2, 0) is 11.8 Å². The van der Waals surface area contributed by atoms with E-state index in [0.717, 1.165) is 16.2 Å². The highest BCUT2D eigenvalue weighted by Gasteiger charge is 2.35. The van der Waals surface area contributed by atoms with Gasteiger partial charge in [0.1, 0.15) is 6.33 Å². The fraction of sp³-hybridized carbons (Fsp3) is 0.300. The number of thioether (sulfide) groups is 1. The molecule has 3 aromatic rings. The Balaban J connectivity index is 1.65. The van der Waals surface area contributed by atoms with Gasteiger partial charge in [0.2, 0.25) is 0 Å². The summed E-state index contributed by atoms with van der Waals surface area (Å²) in [5.41, 5.74) is 1.75. The Morgan fingerprint density at radius 3 is 2.80 bits per heavy atom. The van der Waals surface area contributed by atoms with Crippen molar-refractivity contribution in [1.82, 2.24) is 19.8 Å². The Bertz CT molecular complexity index is 1060. The Morgan fingerprint density at radius 2 is 2.13 bits per heavy atom. The third-order valence-corrected chi connectivity index (χ3v) is 6.70. The molecule has 0 spiro atoms. The third kappa shape index (κ3) is 3.92. The van der Waals surface area contributed by atoms with E-state index in [1.165, 1.54) is 11.8 Å². The molecule has 0 N–H and O–H groups in total. The van der Waals surface area contributed by atoms with Gasteiger partial charge in [-0.05, 0) is 17.5 Å². The van der Waals surface area contributed by atoms with Gasteiger partial charge in [-0.2, -0.15) is 5.10 Å². The van der Waals surface area contributed by atoms with Gasteiger partial charge in [0.25, 0.3) is 5.91 Å². The minimum Gasteiger partial charge on any atom is -0.493 e. The summed E-state index contributed by atoms with van der Waals surface area (Å²) in [5.74, 6) is 1.34. The van der Waals surface area contributed by atoms with Crippen LogP contribution in [-0.4, -0.2) is 51.4 Å². The molecule has 0 saturated carbocycles. The Morgan fingerprint density at radius 1 is 1.27 bits per heavy atom. The topological polar surface area (TPSA) is 81.8 Å². The molecule has 1 aromatic carbocycles. The Hall–Kier alpha value is -2.85. The van der Waals surface area contributed by atoms with Gasteiger partial charge in [0.15, 0.2) is 16.7 Å². The zero-order chi connectivity index (χ0) is 21.1. The lowest BCUT2D eigenvalue weighted by molar-refractivity contribution is -0.130. The molecule has 1 aliphatic heterocycles. The molecule has 3 heterocycles. The van der Waals surface area contributed by atoms with E-state index in [-0.39, 0.29) is 17.7 Å². The average molecular weight is 444 g/mol. The number of rotatable bonds is 7. The van der Waals surface area contributed by atoms with Crippen LogP contribution in [0.25, 0.3) is 0 Å². The fourth-order valence-corrected chi connectivity index (χ4v) is 4.81. The smallest absolute Gasteiger partial charge is 0.253 e. The molecule has 0 unspecified atom stereocenters. The van der Waals surface area contributed by atoms with Crippen LogP contribution in [0.4, 0.5) is 0 Å². The number of carbonyl (C=O) groups excluding carboxylic acids is 1. The maximum absolute atomic E-state index is 13.2. The monoisotopic (exact) mass is 443 g/mol. The van der Waals surface area contributed by atoms with E-state index < -0.39 is 0 Å². The number of nitrogens with zero attached hydrogens (tertiary/aromatic N) is 5. The lowest BCUT2D eigenvalue weighted by Crippen LogP contribution is -2.29. The second-order valence-electron chi connectivity index (χ2n) is 6.58. The zero-order valence-corrected chi connectivity index (χ0v) is 18.4. The number of aromatic nitrogens is 3. The summed E-state index contributed by atoms with van der Waals surface area (Å²) in [6.45, 7) is 0. The van der Waals surface area contributed by atoms with Gasteiger partial charge in [0.05, 0.1) is 36.6 Å². The van der Waals surface area contributed by atoms with Crippen LogP contribution in [0.2, 0.25) is 0 Å². The van der Waals surface area contributed by atoms with Crippen molar-refractivity contribution in [3.05, 3.63) is 52.5 Å². The molecule has 1 atom stereocenters. The standard InChI is InChI=1S/C20H21N5O3S2/c1-24-12-21-22-20(24)30-11-18(26)25-15(10-14(23-25)17-8-5-9-29-17)13-6-4-7-16(27-2)19(13)28-3/h4-9,12,15H,10-11H2,1-3H3/t15-/m0/s1. The van der Waals surface area contributed by atoms with Crippen molar-refractivity contribution < 1.29 is 14.3 Å². The molecule has 1 aliphatic rings. The number of benzene rings is 1. The van der Waals surface area contributed by atoms with Gasteiger partial charge >= 0.3 is 0 Å². The summed E-state index contributed by atoms with van der Waals surface area (Å²) < 4.78 is 12.9. The zero-order valence-electron chi connectivity index (χ0n) is 16.8. The van der Waals surface area contributed by atoms with E-state index in [1.807, 2.05) is 42.8 Å². The second-order valence-corrected chi connectivity index (χ2v) is 8.47. The van der Waals surface area contributed by atoms with Crippen molar-refractivity contribution in [1.29, 1.82) is 0 Å². The first kappa shape index (κ1) is 20.4. The molecule has 0 saturated heterocycles. The molecule has 10 heteroatoms. The van der Waals surface area contributed by atoms with E-state index >= 15 is 0 Å². The number of hydrogen-bond acceptors (Lipinski definition) is 8. The molecule has 1 amide bonds. The molecule has 8 nitrogen and oxygen atoms in total. The van der Waals surface area contributed by atoms with Crippen molar-refractivity contribution in [2.45, 2.75) is 17.6 Å². The normalized spacial score (nSPS) is 15.9. The van der Waals surface area contributed by atoms with E-state index in [0.29, 0.717) is 23.1 Å². The minimum absolute atomic E-state index is 0.107. The van der Waals surface area contributed by atoms with E-state index in [2.05, 4.69) is 10.2 Å². The second kappa shape index (κ2) is 8.88. The highest BCUT2D eigenvalue weighted by Crippen LogP contribution is 2.42. The summed E-state index contributed by atoms with van der Waals surface area (Å²) in [6.07, 6.45) is 2.21. The number of amides is 1. The summed E-state index contributed by atoms with van der Waals surface area (Å²) in [7, 11) is 5.05. The summed E-state index contributed by atoms with van der Waals surface area (Å²) in [4.78, 5) is 14.2. The van der Waals surface area contributed by atoms with Crippen molar-refractivity contribution >= 4 is 34.7 Å². The highest BCUT2D eigenvalue weighted by atomic mass is 32.2. The van der Waals surface area contributed by atoms with Crippen molar-refractivity contribution in [3.8, 4) is 11.5 Å². The van der Waals surface area contributed by atoms with Crippen LogP contribution in [0, 0.1) is 0 Å². The fourth-order valence-electron chi connectivity index (χ4n) is 3.34. The van der Waals surface area contributed by atoms with Crippen molar-refractivity contribution in [2.24, 2.45) is 12.1 Å². The predicted molar refractivity (Wildman–Crippen MR) is 116 cm³/mol. The molecule has 0 radical (unpaired) electrons. The SMILES string of the molecule is COc1cccc([C@@H]2CC(c3cccs3)=NN2C(=O)CSc2nncn2C)c1OC. The van der Waals surface area contributed by atoms with Crippen LogP contribution in [0.5, 0.6) is 11.5 Å². The van der Waals surface area contributed by atoms with Crippen molar-refractivity contribution in [2.75, 3.05) is 20.0 Å². The largest absolute Gasteiger partial charge is 0.493 e. The molecule has 30 heavy (non-hydrogen) atoms. The average Bonchev–Trinajstić information content (AvgIpc) is 3.51. The number of ether oxygens (including phenoxy) is 2. The lowest BCUT2D eigenvalue weighted by Gasteiger charge is -2.24. The summed E-state index contributed by atoms with van der Waals surface area (Å²) >= 11 is 2.95. The first-order valence-corrected chi connectivity index (χ1v) is 11.1. The van der Waals surface area contributed by atoms with Gasteiger partial charge in [-0.25, -0.2) is 5.01 Å². The van der Waals surface area contributed by atoms with Crippen LogP contribution >= 0.6 is 23.1 Å². The number of carbonyl (C=O) groups is 1. The van der Waals surface area contributed by atoms with Crippen LogP contribution in [0.3, 0.4) is 0 Å². The van der Waals surface area contributed by atoms with Gasteiger partial charge in [0, 0.05) is 19.0 Å². The lowest BCUT2D eigenvalue weighted by atomic mass is 9.99. The van der Waals surface area contributed by atoms with Gasteiger partial charge in [-0.3, -0.25) is 4.79 Å². The molecule has 156 valence electrons. The van der Waals surface area contributed by atoms with Gasteiger partial charge in [-0.1, -0.05) is 30.0 Å². The molecule has 2 aromatic heterocycles. The molecule has 0 aliphatic carbocycles. The Kier molecular flexibility index (Phi) is 6.05. The quantitative estimate of drug-likeness (QED) is 0.521. The minimum atomic E-state index is -0.278. The maximum Gasteiger partial charge on any atom is 0.253 e. The van der Waals surface area contributed by atoms with Crippen LogP contribution in [0.1, 0.15) is 22.9 Å². The number of hydrogen-bond donors (Lipinski definition) is 0. The summed E-state index contributed by atoms with van der Waals surface area (Å²) in [5, 5.41) is 16.8. The molecule has 4 rings (SSSR count). The Labute approximate surface area is 182 Å². The van der Waals surface area contributed by atoms with Gasteiger partial charge in [-0.15, -0.1) is 21.5 Å². The van der Waals surface area contributed by atoms with Gasteiger partial charge < -0.3 is 14.0 Å². The number of para-hydroxylation sites is 1. The number of methoxy groups -OCH3 is 2. The molecular weight excluding hydrogens is 422 g/mol. The van der Waals surface area contributed by atoms with Crippen molar-refractivity contribution in [3.63, 3.8) is 0 Å². The first-order valence-electron chi connectivity index (χ1n) is 9.23. The van der Waals surface area contributed by atoms with Crippen LogP contribution < -0.4 is 9.47 Å². The van der Waals surface area contributed by atoms with E-state index in [9.17, 15) is 4.79 Å². The number of hydrazone groups is 1. The molecule has 0 fully saturated rings. The highest BCUT2D eigenvalue weighted by molar-refractivity contribution is 7.99. The van der Waals surface area contributed by atoms with E-state index in [4.69, 9.17) is 14.6 Å². The maximum atomic E-state index is 13.2. The third-order valence-electron chi connectivity index (χ3n) is 4.76. The predicted octanol–water partition coefficient (Wildman–Crippen LogP) is 3.36. The van der Waals surface area contributed by atoms with E-state index in [1.54, 1.807) is 41.5 Å². The first-order chi connectivity index (χ1) is 14.6. The number of aryl methyl sites for hydroxylation is 1. The summed E-state index contributed by atoms with van der Waals surface area (Å²) in [6, 6.07) is 9.42. The molecule has 0 bridgehead atoms. The van der Waals surface area contributed by atoms with Crippen LogP contribution in [0.15, 0.2) is 52.3 Å².